The maximum atomic E-state index is 12.4. The molecule has 164 valence electrons. The molecule has 0 fully saturated rings. The number of aryl methyl sites for hydroxylation is 2. The number of rotatable bonds is 10. The van der Waals surface area contributed by atoms with Crippen LogP contribution in [0.3, 0.4) is 0 Å². The Morgan fingerprint density at radius 1 is 0.968 bits per heavy atom. The molecular weight excluding hydrogens is 414 g/mol. The van der Waals surface area contributed by atoms with Gasteiger partial charge in [0.25, 0.3) is 0 Å². The van der Waals surface area contributed by atoms with Crippen molar-refractivity contribution >= 4 is 27.5 Å². The molecule has 0 amide bonds. The molecule has 31 heavy (non-hydrogen) atoms. The predicted molar refractivity (Wildman–Crippen MR) is 123 cm³/mol. The van der Waals surface area contributed by atoms with Gasteiger partial charge in [0.2, 0.25) is 16.0 Å². The molecule has 0 radical (unpaired) electrons. The van der Waals surface area contributed by atoms with E-state index in [1.165, 1.54) is 24.8 Å². The molecule has 9 heteroatoms. The van der Waals surface area contributed by atoms with Crippen LogP contribution in [0.5, 0.6) is 5.75 Å². The summed E-state index contributed by atoms with van der Waals surface area (Å²) in [5.74, 6) is 1.72. The number of ether oxygens (including phenoxy) is 1. The van der Waals surface area contributed by atoms with Gasteiger partial charge >= 0.3 is 0 Å². The summed E-state index contributed by atoms with van der Waals surface area (Å²) >= 11 is 0. The highest BCUT2D eigenvalue weighted by atomic mass is 32.2. The first-order chi connectivity index (χ1) is 14.9. The largest absolute Gasteiger partial charge is 0.497 e. The van der Waals surface area contributed by atoms with E-state index in [-0.39, 0.29) is 11.4 Å². The van der Waals surface area contributed by atoms with Crippen molar-refractivity contribution in [2.24, 2.45) is 0 Å². The Labute approximate surface area is 183 Å². The van der Waals surface area contributed by atoms with Crippen molar-refractivity contribution in [3.8, 4) is 5.75 Å². The SMILES string of the molecule is CCc1cc(Nc2ccc(C)cc2)nc(NCCNS(=O)(=O)c2ccc(OC)cc2)n1. The zero-order valence-electron chi connectivity index (χ0n) is 17.8. The number of aromatic nitrogens is 2. The minimum absolute atomic E-state index is 0.183. The highest BCUT2D eigenvalue weighted by molar-refractivity contribution is 7.89. The Morgan fingerprint density at radius 2 is 1.68 bits per heavy atom. The second-order valence-corrected chi connectivity index (χ2v) is 8.68. The first-order valence-electron chi connectivity index (χ1n) is 9.99. The maximum absolute atomic E-state index is 12.4. The minimum atomic E-state index is -3.60. The van der Waals surface area contributed by atoms with Crippen molar-refractivity contribution in [3.05, 3.63) is 65.9 Å². The maximum Gasteiger partial charge on any atom is 0.240 e. The Hall–Kier alpha value is -3.17. The molecule has 0 unspecified atom stereocenters. The molecule has 0 aliphatic heterocycles. The normalized spacial score (nSPS) is 11.2. The van der Waals surface area contributed by atoms with Crippen LogP contribution in [0, 0.1) is 6.92 Å². The fourth-order valence-electron chi connectivity index (χ4n) is 2.80. The van der Waals surface area contributed by atoms with E-state index in [0.717, 1.165) is 17.8 Å². The van der Waals surface area contributed by atoms with Gasteiger partial charge in [-0.1, -0.05) is 24.6 Å². The van der Waals surface area contributed by atoms with E-state index in [0.29, 0.717) is 24.1 Å². The summed E-state index contributed by atoms with van der Waals surface area (Å²) in [5.41, 5.74) is 3.00. The predicted octanol–water partition coefficient (Wildman–Crippen LogP) is 3.49. The summed E-state index contributed by atoms with van der Waals surface area (Å²) < 4.78 is 32.4. The third kappa shape index (κ3) is 6.40. The number of nitrogens with zero attached hydrogens (tertiary/aromatic N) is 2. The van der Waals surface area contributed by atoms with E-state index in [1.54, 1.807) is 12.1 Å². The van der Waals surface area contributed by atoms with Gasteiger partial charge in [-0.25, -0.2) is 18.1 Å². The van der Waals surface area contributed by atoms with Crippen molar-refractivity contribution in [3.63, 3.8) is 0 Å². The molecule has 1 heterocycles. The van der Waals surface area contributed by atoms with E-state index in [2.05, 4.69) is 25.3 Å². The molecule has 3 aromatic rings. The van der Waals surface area contributed by atoms with Crippen molar-refractivity contribution in [2.45, 2.75) is 25.2 Å². The number of sulfonamides is 1. The highest BCUT2D eigenvalue weighted by Gasteiger charge is 2.13. The fourth-order valence-corrected chi connectivity index (χ4v) is 3.84. The van der Waals surface area contributed by atoms with E-state index >= 15 is 0 Å². The molecule has 0 spiro atoms. The Bertz CT molecular complexity index is 1100. The van der Waals surface area contributed by atoms with E-state index in [4.69, 9.17) is 4.74 Å². The number of hydrogen-bond donors (Lipinski definition) is 3. The molecule has 0 saturated carbocycles. The van der Waals surface area contributed by atoms with E-state index < -0.39 is 10.0 Å². The van der Waals surface area contributed by atoms with Crippen molar-refractivity contribution in [1.29, 1.82) is 0 Å². The number of anilines is 3. The van der Waals surface area contributed by atoms with Gasteiger partial charge < -0.3 is 15.4 Å². The lowest BCUT2D eigenvalue weighted by Gasteiger charge is -2.12. The van der Waals surface area contributed by atoms with Crippen LogP contribution < -0.4 is 20.1 Å². The standard InChI is InChI=1S/C22H27N5O3S/c1-4-17-15-21(25-18-7-5-16(2)6-8-18)27-22(26-17)23-13-14-24-31(28,29)20-11-9-19(30-3)10-12-20/h5-12,15,24H,4,13-14H2,1-3H3,(H2,23,25,26,27). The second kappa shape index (κ2) is 10.2. The lowest BCUT2D eigenvalue weighted by Crippen LogP contribution is -2.29. The van der Waals surface area contributed by atoms with Crippen LogP contribution in [0.2, 0.25) is 0 Å². The summed E-state index contributed by atoms with van der Waals surface area (Å²) in [6.45, 7) is 4.58. The average molecular weight is 442 g/mol. The molecule has 3 rings (SSSR count). The Kier molecular flexibility index (Phi) is 7.43. The monoisotopic (exact) mass is 441 g/mol. The van der Waals surface area contributed by atoms with Gasteiger partial charge in [-0.05, 0) is 49.7 Å². The van der Waals surface area contributed by atoms with Gasteiger partial charge in [0, 0.05) is 30.5 Å². The highest BCUT2D eigenvalue weighted by Crippen LogP contribution is 2.18. The first-order valence-corrected chi connectivity index (χ1v) is 11.5. The topological polar surface area (TPSA) is 105 Å². The molecular formula is C22H27N5O3S. The Morgan fingerprint density at radius 3 is 2.32 bits per heavy atom. The summed E-state index contributed by atoms with van der Waals surface area (Å²) in [6.07, 6.45) is 0.754. The van der Waals surface area contributed by atoms with Crippen LogP contribution in [-0.2, 0) is 16.4 Å². The molecule has 0 saturated heterocycles. The van der Waals surface area contributed by atoms with Gasteiger partial charge in [0.05, 0.1) is 12.0 Å². The summed E-state index contributed by atoms with van der Waals surface area (Å²) in [6, 6.07) is 16.2. The molecule has 1 aromatic heterocycles. The quantitative estimate of drug-likeness (QED) is 0.414. The molecule has 3 N–H and O–H groups in total. The van der Waals surface area contributed by atoms with Crippen molar-refractivity contribution in [1.82, 2.24) is 14.7 Å². The molecule has 8 nitrogen and oxygen atoms in total. The number of nitrogens with one attached hydrogen (secondary N) is 3. The zero-order chi connectivity index (χ0) is 22.3. The third-order valence-electron chi connectivity index (χ3n) is 4.54. The molecule has 0 aliphatic carbocycles. The molecule has 0 aliphatic rings. The third-order valence-corrected chi connectivity index (χ3v) is 6.01. The van der Waals surface area contributed by atoms with Crippen LogP contribution in [0.15, 0.2) is 59.5 Å². The summed E-state index contributed by atoms with van der Waals surface area (Å²) in [7, 11) is -2.07. The van der Waals surface area contributed by atoms with Gasteiger partial charge in [0.15, 0.2) is 0 Å². The molecule has 0 bridgehead atoms. The number of benzene rings is 2. The second-order valence-electron chi connectivity index (χ2n) is 6.91. The number of methoxy groups -OCH3 is 1. The number of hydrogen-bond acceptors (Lipinski definition) is 7. The Balaban J connectivity index is 1.59. The van der Waals surface area contributed by atoms with Crippen LogP contribution >= 0.6 is 0 Å². The van der Waals surface area contributed by atoms with Crippen LogP contribution in [0.1, 0.15) is 18.2 Å². The van der Waals surface area contributed by atoms with Crippen LogP contribution in [0.25, 0.3) is 0 Å². The first kappa shape index (κ1) is 22.5. The van der Waals surface area contributed by atoms with Crippen molar-refractivity contribution < 1.29 is 13.2 Å². The lowest BCUT2D eigenvalue weighted by atomic mass is 10.2. The van der Waals surface area contributed by atoms with Crippen molar-refractivity contribution in [2.75, 3.05) is 30.8 Å². The van der Waals surface area contributed by atoms with Gasteiger partial charge in [0.1, 0.15) is 11.6 Å². The van der Waals surface area contributed by atoms with Gasteiger partial charge in [-0.3, -0.25) is 0 Å². The fraction of sp³-hybridized carbons (Fsp3) is 0.273. The minimum Gasteiger partial charge on any atom is -0.497 e. The van der Waals surface area contributed by atoms with Gasteiger partial charge in [-0.2, -0.15) is 4.98 Å². The lowest BCUT2D eigenvalue weighted by molar-refractivity contribution is 0.414. The summed E-state index contributed by atoms with van der Waals surface area (Å²) in [5, 5.41) is 6.37. The molecule has 0 atom stereocenters. The van der Waals surface area contributed by atoms with Crippen LogP contribution in [-0.4, -0.2) is 38.6 Å². The average Bonchev–Trinajstić information content (AvgIpc) is 2.78. The smallest absolute Gasteiger partial charge is 0.240 e. The van der Waals surface area contributed by atoms with Gasteiger partial charge in [-0.15, -0.1) is 0 Å². The van der Waals surface area contributed by atoms with Crippen LogP contribution in [0.4, 0.5) is 17.5 Å². The van der Waals surface area contributed by atoms with E-state index in [1.807, 2.05) is 44.2 Å². The summed E-state index contributed by atoms with van der Waals surface area (Å²) in [4.78, 5) is 9.13. The van der Waals surface area contributed by atoms with E-state index in [9.17, 15) is 8.42 Å². The zero-order valence-corrected chi connectivity index (χ0v) is 18.7. The molecule has 2 aromatic carbocycles.